The van der Waals surface area contributed by atoms with Gasteiger partial charge in [-0.05, 0) is 56.0 Å². The maximum atomic E-state index is 12.6. The summed E-state index contributed by atoms with van der Waals surface area (Å²) < 4.78 is 5.82. The number of carbonyl (C=O) groups excluding carboxylic acids is 1. The number of hydrogen-bond acceptors (Lipinski definition) is 4. The van der Waals surface area contributed by atoms with Gasteiger partial charge in [-0.15, -0.1) is 0 Å². The molecule has 2 N–H and O–H groups in total. The Bertz CT molecular complexity index is 864. The quantitative estimate of drug-likeness (QED) is 0.796. The highest BCUT2D eigenvalue weighted by atomic mass is 16.3. The Morgan fingerprint density at radius 1 is 1.38 bits per heavy atom. The van der Waals surface area contributed by atoms with E-state index in [4.69, 9.17) is 10.2 Å². The zero-order valence-corrected chi connectivity index (χ0v) is 15.8. The molecular weight excluding hydrogens is 324 g/mol. The van der Waals surface area contributed by atoms with Crippen LogP contribution in [0, 0.1) is 5.92 Å². The summed E-state index contributed by atoms with van der Waals surface area (Å²) in [4.78, 5) is 15.2. The molecule has 0 radical (unpaired) electrons. The minimum absolute atomic E-state index is 0.0323. The summed E-state index contributed by atoms with van der Waals surface area (Å²) in [7, 11) is 0. The highest BCUT2D eigenvalue weighted by molar-refractivity contribution is 6.04. The Hall–Kier alpha value is -2.07. The van der Waals surface area contributed by atoms with Crippen LogP contribution in [0.15, 0.2) is 28.7 Å². The molecule has 4 heteroatoms. The van der Waals surface area contributed by atoms with Crippen LogP contribution < -0.4 is 5.73 Å². The van der Waals surface area contributed by atoms with E-state index in [-0.39, 0.29) is 11.7 Å². The van der Waals surface area contributed by atoms with E-state index in [1.165, 1.54) is 31.4 Å². The molecule has 2 aliphatic rings. The van der Waals surface area contributed by atoms with Crippen LogP contribution in [-0.4, -0.2) is 29.8 Å². The van der Waals surface area contributed by atoms with Gasteiger partial charge >= 0.3 is 0 Å². The van der Waals surface area contributed by atoms with Crippen LogP contribution in [0.2, 0.25) is 0 Å². The van der Waals surface area contributed by atoms with Gasteiger partial charge in [-0.25, -0.2) is 0 Å². The van der Waals surface area contributed by atoms with Crippen molar-refractivity contribution in [1.29, 1.82) is 0 Å². The van der Waals surface area contributed by atoms with Crippen molar-refractivity contribution >= 4 is 28.2 Å². The molecule has 2 unspecified atom stereocenters. The van der Waals surface area contributed by atoms with Gasteiger partial charge in [-0.3, -0.25) is 9.69 Å². The lowest BCUT2D eigenvalue weighted by Crippen LogP contribution is -2.41. The van der Waals surface area contributed by atoms with Crippen LogP contribution >= 0.6 is 0 Å². The summed E-state index contributed by atoms with van der Waals surface area (Å²) in [6, 6.07) is 6.34. The van der Waals surface area contributed by atoms with E-state index in [0.717, 1.165) is 41.5 Å². The molecule has 2 aromatic rings. The first-order chi connectivity index (χ1) is 12.6. The van der Waals surface area contributed by atoms with E-state index >= 15 is 0 Å². The topological polar surface area (TPSA) is 59.5 Å². The number of benzene rings is 1. The summed E-state index contributed by atoms with van der Waals surface area (Å²) in [5.74, 6) is 0.699. The molecule has 3 heterocycles. The second kappa shape index (κ2) is 6.92. The molecule has 4 rings (SSSR count). The minimum Gasteiger partial charge on any atom is -0.440 e. The van der Waals surface area contributed by atoms with E-state index in [0.29, 0.717) is 11.9 Å². The number of fused-ring (bicyclic) bond motifs is 2. The average molecular weight is 352 g/mol. The number of carbonyl (C=O) groups is 1. The SMILES string of the molecule is CCC(C)C(=O)c1ccc2oc(N)c(C3=CCN4CCCCC4C3)c2c1. The van der Waals surface area contributed by atoms with Crippen LogP contribution in [0.25, 0.3) is 16.5 Å². The third kappa shape index (κ3) is 2.96. The summed E-state index contributed by atoms with van der Waals surface area (Å²) in [5.41, 5.74) is 10.1. The smallest absolute Gasteiger partial charge is 0.199 e. The van der Waals surface area contributed by atoms with Gasteiger partial charge in [0.2, 0.25) is 0 Å². The largest absolute Gasteiger partial charge is 0.440 e. The van der Waals surface area contributed by atoms with E-state index < -0.39 is 0 Å². The number of hydrogen-bond donors (Lipinski definition) is 1. The Balaban J connectivity index is 1.73. The van der Waals surface area contributed by atoms with Crippen molar-refractivity contribution in [2.45, 2.75) is 52.0 Å². The van der Waals surface area contributed by atoms with Crippen molar-refractivity contribution in [3.8, 4) is 0 Å². The summed E-state index contributed by atoms with van der Waals surface area (Å²) >= 11 is 0. The molecule has 2 aliphatic heterocycles. The molecule has 0 spiro atoms. The number of nitrogens with two attached hydrogens (primary N) is 1. The Labute approximate surface area is 155 Å². The number of rotatable bonds is 4. The first kappa shape index (κ1) is 17.3. The lowest BCUT2D eigenvalue weighted by molar-refractivity contribution is 0.0927. The second-order valence-electron chi connectivity index (χ2n) is 7.80. The zero-order valence-electron chi connectivity index (χ0n) is 15.8. The molecule has 1 aromatic carbocycles. The van der Waals surface area contributed by atoms with Crippen LogP contribution in [0.4, 0.5) is 5.88 Å². The Morgan fingerprint density at radius 3 is 3.04 bits per heavy atom. The molecule has 0 bridgehead atoms. The van der Waals surface area contributed by atoms with Crippen molar-refractivity contribution in [2.24, 2.45) is 5.92 Å². The molecule has 1 saturated heterocycles. The number of Topliss-reactive ketones (excluding diaryl/α,β-unsaturated/α-hetero) is 1. The molecule has 26 heavy (non-hydrogen) atoms. The maximum Gasteiger partial charge on any atom is 0.199 e. The number of nitrogens with zero attached hydrogens (tertiary/aromatic N) is 1. The van der Waals surface area contributed by atoms with Gasteiger partial charge in [0.05, 0.1) is 0 Å². The monoisotopic (exact) mass is 352 g/mol. The zero-order chi connectivity index (χ0) is 18.3. The maximum absolute atomic E-state index is 12.6. The molecule has 0 amide bonds. The molecule has 138 valence electrons. The van der Waals surface area contributed by atoms with Crippen LogP contribution in [0.5, 0.6) is 0 Å². The highest BCUT2D eigenvalue weighted by Crippen LogP contribution is 2.39. The minimum atomic E-state index is 0.0323. The van der Waals surface area contributed by atoms with Gasteiger partial charge < -0.3 is 10.2 Å². The van der Waals surface area contributed by atoms with Crippen molar-refractivity contribution in [3.63, 3.8) is 0 Å². The van der Waals surface area contributed by atoms with Crippen molar-refractivity contribution in [3.05, 3.63) is 35.4 Å². The Morgan fingerprint density at radius 2 is 2.23 bits per heavy atom. The van der Waals surface area contributed by atoms with Crippen molar-refractivity contribution in [2.75, 3.05) is 18.8 Å². The molecule has 1 fully saturated rings. The van der Waals surface area contributed by atoms with Gasteiger partial charge in [-0.2, -0.15) is 0 Å². The highest BCUT2D eigenvalue weighted by Gasteiger charge is 2.29. The molecular formula is C22H28N2O2. The third-order valence-corrected chi connectivity index (χ3v) is 6.16. The number of piperidine rings is 1. The van der Waals surface area contributed by atoms with Gasteiger partial charge in [0, 0.05) is 35.0 Å². The number of anilines is 1. The van der Waals surface area contributed by atoms with Crippen LogP contribution in [0.1, 0.15) is 61.9 Å². The van der Waals surface area contributed by atoms with Gasteiger partial charge in [0.25, 0.3) is 0 Å². The van der Waals surface area contributed by atoms with E-state index in [1.54, 1.807) is 0 Å². The summed E-state index contributed by atoms with van der Waals surface area (Å²) in [6.45, 7) is 6.21. The van der Waals surface area contributed by atoms with Crippen LogP contribution in [-0.2, 0) is 0 Å². The van der Waals surface area contributed by atoms with Crippen LogP contribution in [0.3, 0.4) is 0 Å². The lowest BCUT2D eigenvalue weighted by Gasteiger charge is -2.38. The standard InChI is InChI=1S/C22H28N2O2/c1-3-14(2)21(25)16-7-8-19-18(13-16)20(22(23)26-19)15-9-11-24-10-5-4-6-17(24)12-15/h7-9,13-14,17H,3-6,10-12,23H2,1-2H3. The normalized spacial score (nSPS) is 22.1. The fraction of sp³-hybridized carbons (Fsp3) is 0.500. The first-order valence-corrected chi connectivity index (χ1v) is 9.88. The Kier molecular flexibility index (Phi) is 4.62. The second-order valence-corrected chi connectivity index (χ2v) is 7.80. The lowest BCUT2D eigenvalue weighted by atomic mass is 9.88. The third-order valence-electron chi connectivity index (χ3n) is 6.16. The molecule has 0 saturated carbocycles. The van der Waals surface area contributed by atoms with Gasteiger partial charge in [0.15, 0.2) is 11.7 Å². The predicted octanol–water partition coefficient (Wildman–Crippen LogP) is 4.89. The molecule has 0 aliphatic carbocycles. The fourth-order valence-electron chi connectivity index (χ4n) is 4.37. The van der Waals surface area contributed by atoms with Gasteiger partial charge in [-0.1, -0.05) is 26.3 Å². The number of nitrogen functional groups attached to an aromatic ring is 1. The summed E-state index contributed by atoms with van der Waals surface area (Å²) in [6.07, 6.45) is 8.03. The molecule has 2 atom stereocenters. The molecule has 4 nitrogen and oxygen atoms in total. The predicted molar refractivity (Wildman–Crippen MR) is 106 cm³/mol. The number of ketones is 1. The average Bonchev–Trinajstić information content (AvgIpc) is 3.01. The fourth-order valence-corrected chi connectivity index (χ4v) is 4.37. The van der Waals surface area contributed by atoms with Gasteiger partial charge in [0.1, 0.15) is 5.58 Å². The first-order valence-electron chi connectivity index (χ1n) is 9.88. The van der Waals surface area contributed by atoms with E-state index in [1.807, 2.05) is 32.0 Å². The summed E-state index contributed by atoms with van der Waals surface area (Å²) in [5, 5.41) is 0.979. The van der Waals surface area contributed by atoms with Crippen molar-refractivity contribution < 1.29 is 9.21 Å². The van der Waals surface area contributed by atoms with Crippen molar-refractivity contribution in [1.82, 2.24) is 4.90 Å². The number of furan rings is 1. The molecule has 1 aromatic heterocycles. The van der Waals surface area contributed by atoms with E-state index in [2.05, 4.69) is 11.0 Å². The van der Waals surface area contributed by atoms with E-state index in [9.17, 15) is 4.79 Å².